The molecule has 0 saturated carbocycles. The first-order chi connectivity index (χ1) is 15.5. The molecule has 1 fully saturated rings. The van der Waals surface area contributed by atoms with Crippen LogP contribution in [0.25, 0.3) is 22.5 Å². The lowest BCUT2D eigenvalue weighted by Crippen LogP contribution is -2.36. The average molecular weight is 449 g/mol. The second kappa shape index (κ2) is 8.22. The highest BCUT2D eigenvalue weighted by Gasteiger charge is 2.30. The van der Waals surface area contributed by atoms with Gasteiger partial charge in [-0.1, -0.05) is 35.9 Å². The van der Waals surface area contributed by atoms with Crippen molar-refractivity contribution in [2.75, 3.05) is 36.5 Å². The third-order valence-electron chi connectivity index (χ3n) is 5.76. The number of rotatable bonds is 3. The number of hydrogen-bond acceptors (Lipinski definition) is 5. The highest BCUT2D eigenvalue weighted by molar-refractivity contribution is 6.38. The van der Waals surface area contributed by atoms with E-state index >= 15 is 0 Å². The molecule has 3 aromatic rings. The molecule has 32 heavy (non-hydrogen) atoms. The third-order valence-corrected chi connectivity index (χ3v) is 6.08. The molecule has 5 rings (SSSR count). The lowest BCUT2D eigenvalue weighted by atomic mass is 9.97. The number of phenols is 1. The fourth-order valence-corrected chi connectivity index (χ4v) is 4.39. The van der Waals surface area contributed by atoms with E-state index in [1.165, 1.54) is 12.1 Å². The fraction of sp³-hybridized carbons (Fsp3) is 0.160. The maximum atomic E-state index is 12.7. The van der Waals surface area contributed by atoms with Crippen molar-refractivity contribution in [3.8, 4) is 16.9 Å². The van der Waals surface area contributed by atoms with Crippen LogP contribution in [0, 0.1) is 0 Å². The Kier molecular flexibility index (Phi) is 5.25. The highest BCUT2D eigenvalue weighted by Crippen LogP contribution is 2.42. The standard InChI is InChI=1S/C25H21ClN2O4/c26-21-14-22-20(23(25(31)27-22)24(30)16-2-1-3-18(29)12-16)13-19(21)15-4-6-17(7-5-15)28-8-10-32-11-9-28/h1-7,12-14,29-30H,8-11H2,(H,27,31)/b24-23+. The zero-order valence-corrected chi connectivity index (χ0v) is 17.9. The SMILES string of the molecule is O=C1Nc2cc(Cl)c(-c3ccc(N4CCOCC4)cc3)cc2/C1=C(\O)c1cccc(O)c1. The van der Waals surface area contributed by atoms with Crippen LogP contribution in [0.5, 0.6) is 5.75 Å². The molecule has 0 spiro atoms. The summed E-state index contributed by atoms with van der Waals surface area (Å²) < 4.78 is 5.42. The van der Waals surface area contributed by atoms with Crippen molar-refractivity contribution in [3.05, 3.63) is 76.8 Å². The van der Waals surface area contributed by atoms with Gasteiger partial charge in [0.05, 0.1) is 29.5 Å². The van der Waals surface area contributed by atoms with Crippen LogP contribution in [0.15, 0.2) is 60.7 Å². The lowest BCUT2D eigenvalue weighted by Gasteiger charge is -2.29. The minimum Gasteiger partial charge on any atom is -0.508 e. The topological polar surface area (TPSA) is 82.0 Å². The van der Waals surface area contributed by atoms with Gasteiger partial charge in [0, 0.05) is 35.5 Å². The van der Waals surface area contributed by atoms with E-state index in [9.17, 15) is 15.0 Å². The second-order valence-electron chi connectivity index (χ2n) is 7.75. The first-order valence-electron chi connectivity index (χ1n) is 10.3. The molecule has 0 aromatic heterocycles. The van der Waals surface area contributed by atoms with E-state index in [2.05, 4.69) is 22.3 Å². The van der Waals surface area contributed by atoms with Crippen molar-refractivity contribution in [1.82, 2.24) is 0 Å². The second-order valence-corrected chi connectivity index (χ2v) is 8.16. The smallest absolute Gasteiger partial charge is 0.260 e. The summed E-state index contributed by atoms with van der Waals surface area (Å²) in [5, 5.41) is 23.8. The zero-order chi connectivity index (χ0) is 22.2. The van der Waals surface area contributed by atoms with Gasteiger partial charge in [-0.3, -0.25) is 4.79 Å². The molecule has 0 radical (unpaired) electrons. The maximum absolute atomic E-state index is 12.7. The molecule has 3 aromatic carbocycles. The third kappa shape index (κ3) is 3.68. The molecular formula is C25H21ClN2O4. The Balaban J connectivity index is 1.54. The predicted molar refractivity (Wildman–Crippen MR) is 126 cm³/mol. The molecule has 2 heterocycles. The number of carbonyl (C=O) groups is 1. The molecule has 0 unspecified atom stereocenters. The molecule has 1 amide bonds. The number of fused-ring (bicyclic) bond motifs is 1. The Hall–Kier alpha value is -3.48. The monoisotopic (exact) mass is 448 g/mol. The maximum Gasteiger partial charge on any atom is 0.260 e. The number of carbonyl (C=O) groups excluding carboxylic acids is 1. The first kappa shape index (κ1) is 20.4. The van der Waals surface area contributed by atoms with Crippen LogP contribution >= 0.6 is 11.6 Å². The van der Waals surface area contributed by atoms with E-state index in [1.54, 1.807) is 18.2 Å². The lowest BCUT2D eigenvalue weighted by molar-refractivity contribution is -0.110. The van der Waals surface area contributed by atoms with Crippen molar-refractivity contribution >= 4 is 40.2 Å². The molecule has 7 heteroatoms. The molecule has 0 bridgehead atoms. The summed E-state index contributed by atoms with van der Waals surface area (Å²) in [5.41, 5.74) is 4.39. The number of amides is 1. The van der Waals surface area contributed by atoms with Gasteiger partial charge in [0.2, 0.25) is 0 Å². The fourth-order valence-electron chi connectivity index (χ4n) is 4.12. The number of aromatic hydroxyl groups is 1. The van der Waals surface area contributed by atoms with E-state index in [1.807, 2.05) is 18.2 Å². The summed E-state index contributed by atoms with van der Waals surface area (Å²) in [6.45, 7) is 3.15. The van der Waals surface area contributed by atoms with E-state index in [0.29, 0.717) is 21.8 Å². The van der Waals surface area contributed by atoms with Crippen molar-refractivity contribution in [2.45, 2.75) is 0 Å². The summed E-state index contributed by atoms with van der Waals surface area (Å²) in [4.78, 5) is 14.9. The summed E-state index contributed by atoms with van der Waals surface area (Å²) in [7, 11) is 0. The predicted octanol–water partition coefficient (Wildman–Crippen LogP) is 4.93. The number of aliphatic hydroxyl groups excluding tert-OH is 1. The molecule has 1 saturated heterocycles. The largest absolute Gasteiger partial charge is 0.508 e. The number of nitrogens with one attached hydrogen (secondary N) is 1. The molecule has 0 aliphatic carbocycles. The van der Waals surface area contributed by atoms with Gasteiger partial charge in [0.1, 0.15) is 11.5 Å². The van der Waals surface area contributed by atoms with E-state index in [-0.39, 0.29) is 17.1 Å². The number of morpholine rings is 1. The van der Waals surface area contributed by atoms with Gasteiger partial charge < -0.3 is 25.2 Å². The number of halogens is 1. The van der Waals surface area contributed by atoms with E-state index in [0.717, 1.165) is 43.1 Å². The molecule has 6 nitrogen and oxygen atoms in total. The van der Waals surface area contributed by atoms with Gasteiger partial charge in [0.15, 0.2) is 0 Å². The van der Waals surface area contributed by atoms with Gasteiger partial charge in [-0.05, 0) is 42.0 Å². The average Bonchev–Trinajstić information content (AvgIpc) is 3.13. The van der Waals surface area contributed by atoms with Crippen LogP contribution in [0.3, 0.4) is 0 Å². The van der Waals surface area contributed by atoms with Gasteiger partial charge in [-0.2, -0.15) is 0 Å². The molecule has 2 aliphatic rings. The van der Waals surface area contributed by atoms with Crippen molar-refractivity contribution in [2.24, 2.45) is 0 Å². The molecule has 3 N–H and O–H groups in total. The van der Waals surface area contributed by atoms with Gasteiger partial charge in [0.25, 0.3) is 5.91 Å². The Morgan fingerprint density at radius 2 is 1.75 bits per heavy atom. The number of anilines is 2. The number of nitrogens with zero attached hydrogens (tertiary/aromatic N) is 1. The van der Waals surface area contributed by atoms with Gasteiger partial charge in [-0.25, -0.2) is 0 Å². The van der Waals surface area contributed by atoms with Crippen molar-refractivity contribution < 1.29 is 19.7 Å². The summed E-state index contributed by atoms with van der Waals surface area (Å²) >= 11 is 6.55. The Morgan fingerprint density at radius 3 is 2.47 bits per heavy atom. The number of benzene rings is 3. The van der Waals surface area contributed by atoms with Crippen LogP contribution in [0.1, 0.15) is 11.1 Å². The molecule has 2 aliphatic heterocycles. The van der Waals surface area contributed by atoms with Crippen LogP contribution in [0.4, 0.5) is 11.4 Å². The Bertz CT molecular complexity index is 1230. The van der Waals surface area contributed by atoms with Gasteiger partial charge in [-0.15, -0.1) is 0 Å². The van der Waals surface area contributed by atoms with Crippen molar-refractivity contribution in [3.63, 3.8) is 0 Å². The Labute approximate surface area is 190 Å². The first-order valence-corrected chi connectivity index (χ1v) is 10.7. The molecule has 162 valence electrons. The Morgan fingerprint density at radius 1 is 1.00 bits per heavy atom. The minimum absolute atomic E-state index is 0.00503. The summed E-state index contributed by atoms with van der Waals surface area (Å²) in [6.07, 6.45) is 0. The molecule has 0 atom stereocenters. The minimum atomic E-state index is -0.420. The van der Waals surface area contributed by atoms with Crippen molar-refractivity contribution in [1.29, 1.82) is 0 Å². The van der Waals surface area contributed by atoms with Crippen LogP contribution in [0.2, 0.25) is 5.02 Å². The number of aliphatic hydroxyl groups is 1. The van der Waals surface area contributed by atoms with Gasteiger partial charge >= 0.3 is 0 Å². The normalized spacial score (nSPS) is 17.2. The summed E-state index contributed by atoms with van der Waals surface area (Å²) in [5.74, 6) is -0.616. The van der Waals surface area contributed by atoms with E-state index < -0.39 is 5.91 Å². The number of phenolic OH excluding ortho intramolecular Hbond substituents is 1. The highest BCUT2D eigenvalue weighted by atomic mass is 35.5. The quantitative estimate of drug-likeness (QED) is 0.391. The number of ether oxygens (including phenoxy) is 1. The van der Waals surface area contributed by atoms with Crippen LogP contribution in [-0.4, -0.2) is 42.4 Å². The van der Waals surface area contributed by atoms with Crippen LogP contribution < -0.4 is 10.2 Å². The molecular weight excluding hydrogens is 428 g/mol. The van der Waals surface area contributed by atoms with E-state index in [4.69, 9.17) is 16.3 Å². The zero-order valence-electron chi connectivity index (χ0n) is 17.1. The number of hydrogen-bond donors (Lipinski definition) is 3. The van der Waals surface area contributed by atoms with Crippen LogP contribution in [-0.2, 0) is 9.53 Å². The summed E-state index contributed by atoms with van der Waals surface area (Å²) in [6, 6.07) is 17.8.